The van der Waals surface area contributed by atoms with Gasteiger partial charge in [-0.05, 0) is 77.9 Å². The first kappa shape index (κ1) is 16.5. The van der Waals surface area contributed by atoms with Crippen LogP contribution in [0.25, 0.3) is 11.0 Å². The lowest BCUT2D eigenvalue weighted by Gasteiger charge is -2.31. The van der Waals surface area contributed by atoms with Gasteiger partial charge in [0.15, 0.2) is 0 Å². The summed E-state index contributed by atoms with van der Waals surface area (Å²) >= 11 is 2.23. The van der Waals surface area contributed by atoms with E-state index in [0.717, 1.165) is 38.8 Å². The zero-order chi connectivity index (χ0) is 17.4. The van der Waals surface area contributed by atoms with Gasteiger partial charge in [-0.3, -0.25) is 4.79 Å². The third-order valence-electron chi connectivity index (χ3n) is 4.72. The maximum Gasteiger partial charge on any atom is 0.253 e. The lowest BCUT2D eigenvalue weighted by Crippen LogP contribution is -2.38. The van der Waals surface area contributed by atoms with Gasteiger partial charge in [-0.1, -0.05) is 0 Å². The number of carbonyl (C=O) groups excluding carboxylic acids is 1. The first-order valence-electron chi connectivity index (χ1n) is 8.30. The number of hydrogen-bond acceptors (Lipinski definition) is 2. The van der Waals surface area contributed by atoms with E-state index < -0.39 is 0 Å². The molecule has 0 radical (unpaired) electrons. The Labute approximate surface area is 158 Å². The highest BCUT2D eigenvalue weighted by Gasteiger charge is 2.26. The second-order valence-electron chi connectivity index (χ2n) is 6.36. The standard InChI is InChI=1S/C19H17FIN3O/c20-14-3-6-16-17(11-14)23-18(22-16)12-7-9-24(10-8-12)19(25)13-1-4-15(21)5-2-13/h1-6,11-12H,7-10H2,(H,22,23). The van der Waals surface area contributed by atoms with E-state index >= 15 is 0 Å². The van der Waals surface area contributed by atoms with Gasteiger partial charge in [0.2, 0.25) is 0 Å². The number of H-pyrrole nitrogens is 1. The maximum atomic E-state index is 13.3. The molecule has 1 fully saturated rings. The molecule has 0 aliphatic carbocycles. The number of rotatable bonds is 2. The van der Waals surface area contributed by atoms with Crippen molar-refractivity contribution in [2.45, 2.75) is 18.8 Å². The molecule has 0 spiro atoms. The van der Waals surface area contributed by atoms with Crippen LogP contribution in [0.15, 0.2) is 42.5 Å². The van der Waals surface area contributed by atoms with Gasteiger partial charge in [-0.2, -0.15) is 0 Å². The Hall–Kier alpha value is -1.96. The lowest BCUT2D eigenvalue weighted by molar-refractivity contribution is 0.0711. The molecule has 2 heterocycles. The zero-order valence-electron chi connectivity index (χ0n) is 13.5. The monoisotopic (exact) mass is 449 g/mol. The predicted octanol–water partition coefficient (Wildman–Crippen LogP) is 4.33. The highest BCUT2D eigenvalue weighted by Crippen LogP contribution is 2.28. The molecule has 2 aromatic carbocycles. The topological polar surface area (TPSA) is 49.0 Å². The third kappa shape index (κ3) is 3.40. The third-order valence-corrected chi connectivity index (χ3v) is 5.44. The predicted molar refractivity (Wildman–Crippen MR) is 103 cm³/mol. The number of nitrogens with one attached hydrogen (secondary N) is 1. The number of aromatic nitrogens is 2. The zero-order valence-corrected chi connectivity index (χ0v) is 15.7. The molecule has 0 unspecified atom stereocenters. The van der Waals surface area contributed by atoms with Gasteiger partial charge in [0, 0.05) is 28.1 Å². The Morgan fingerprint density at radius 2 is 1.88 bits per heavy atom. The summed E-state index contributed by atoms with van der Waals surface area (Å²) in [4.78, 5) is 22.3. The van der Waals surface area contributed by atoms with E-state index in [1.807, 2.05) is 29.2 Å². The summed E-state index contributed by atoms with van der Waals surface area (Å²) in [7, 11) is 0. The van der Waals surface area contributed by atoms with Crippen LogP contribution in [-0.4, -0.2) is 33.9 Å². The minimum atomic E-state index is -0.263. The van der Waals surface area contributed by atoms with Crippen molar-refractivity contribution in [2.24, 2.45) is 0 Å². The summed E-state index contributed by atoms with van der Waals surface area (Å²) in [6.45, 7) is 1.42. The molecule has 25 heavy (non-hydrogen) atoms. The summed E-state index contributed by atoms with van der Waals surface area (Å²) in [6.07, 6.45) is 1.72. The van der Waals surface area contributed by atoms with Gasteiger partial charge < -0.3 is 9.88 Å². The van der Waals surface area contributed by atoms with E-state index in [9.17, 15) is 9.18 Å². The first-order chi connectivity index (χ1) is 12.1. The molecule has 1 aromatic heterocycles. The number of benzene rings is 2. The van der Waals surface area contributed by atoms with Crippen molar-refractivity contribution in [3.8, 4) is 0 Å². The molecule has 4 nitrogen and oxygen atoms in total. The minimum absolute atomic E-state index is 0.0847. The lowest BCUT2D eigenvalue weighted by atomic mass is 9.95. The molecule has 1 amide bonds. The largest absolute Gasteiger partial charge is 0.342 e. The average molecular weight is 449 g/mol. The summed E-state index contributed by atoms with van der Waals surface area (Å²) in [5.41, 5.74) is 2.25. The molecule has 1 saturated heterocycles. The fourth-order valence-corrected chi connectivity index (χ4v) is 3.69. The molecular weight excluding hydrogens is 432 g/mol. The fourth-order valence-electron chi connectivity index (χ4n) is 3.33. The number of halogens is 2. The number of amides is 1. The Balaban J connectivity index is 1.45. The van der Waals surface area contributed by atoms with Crippen LogP contribution in [-0.2, 0) is 0 Å². The van der Waals surface area contributed by atoms with Crippen LogP contribution in [0.4, 0.5) is 4.39 Å². The molecular formula is C19H17FIN3O. The van der Waals surface area contributed by atoms with Crippen LogP contribution >= 0.6 is 22.6 Å². The molecule has 1 aliphatic rings. The van der Waals surface area contributed by atoms with Gasteiger partial charge in [-0.15, -0.1) is 0 Å². The number of likely N-dealkylation sites (tertiary alicyclic amines) is 1. The Bertz CT molecular complexity index is 914. The number of imidazole rings is 1. The number of fused-ring (bicyclic) bond motifs is 1. The molecule has 4 rings (SSSR count). The number of nitrogens with zero attached hydrogens (tertiary/aromatic N) is 2. The number of hydrogen-bond donors (Lipinski definition) is 1. The smallest absolute Gasteiger partial charge is 0.253 e. The normalized spacial score (nSPS) is 15.7. The van der Waals surface area contributed by atoms with Gasteiger partial charge in [-0.25, -0.2) is 9.37 Å². The molecule has 3 aromatic rings. The van der Waals surface area contributed by atoms with Crippen LogP contribution in [0.5, 0.6) is 0 Å². The second kappa shape index (κ2) is 6.74. The Morgan fingerprint density at radius 1 is 1.16 bits per heavy atom. The maximum absolute atomic E-state index is 13.3. The van der Waals surface area contributed by atoms with Crippen molar-refractivity contribution in [2.75, 3.05) is 13.1 Å². The number of piperidine rings is 1. The highest BCUT2D eigenvalue weighted by atomic mass is 127. The molecule has 0 saturated carbocycles. The molecule has 0 atom stereocenters. The van der Waals surface area contributed by atoms with E-state index in [1.54, 1.807) is 6.07 Å². The van der Waals surface area contributed by atoms with E-state index in [2.05, 4.69) is 32.6 Å². The van der Waals surface area contributed by atoms with E-state index in [4.69, 9.17) is 0 Å². The fraction of sp³-hybridized carbons (Fsp3) is 0.263. The molecule has 1 N–H and O–H groups in total. The summed E-state index contributed by atoms with van der Waals surface area (Å²) in [5.74, 6) is 0.986. The highest BCUT2D eigenvalue weighted by molar-refractivity contribution is 14.1. The van der Waals surface area contributed by atoms with Crippen molar-refractivity contribution >= 4 is 39.5 Å². The van der Waals surface area contributed by atoms with Gasteiger partial charge in [0.1, 0.15) is 11.6 Å². The van der Waals surface area contributed by atoms with E-state index in [1.165, 1.54) is 12.1 Å². The molecule has 1 aliphatic heterocycles. The summed E-state index contributed by atoms with van der Waals surface area (Å²) in [6, 6.07) is 12.3. The molecule has 128 valence electrons. The van der Waals surface area contributed by atoms with E-state index in [-0.39, 0.29) is 17.6 Å². The van der Waals surface area contributed by atoms with Crippen LogP contribution in [0.3, 0.4) is 0 Å². The van der Waals surface area contributed by atoms with Crippen LogP contribution in [0, 0.1) is 9.39 Å². The van der Waals surface area contributed by atoms with Crippen molar-refractivity contribution in [1.82, 2.24) is 14.9 Å². The molecule has 6 heteroatoms. The van der Waals surface area contributed by atoms with Gasteiger partial charge in [0.05, 0.1) is 11.0 Å². The van der Waals surface area contributed by atoms with Crippen LogP contribution in [0.2, 0.25) is 0 Å². The first-order valence-corrected chi connectivity index (χ1v) is 9.38. The quantitative estimate of drug-likeness (QED) is 0.593. The second-order valence-corrected chi connectivity index (χ2v) is 7.60. The van der Waals surface area contributed by atoms with Crippen LogP contribution in [0.1, 0.15) is 34.9 Å². The van der Waals surface area contributed by atoms with Crippen molar-refractivity contribution in [1.29, 1.82) is 0 Å². The van der Waals surface area contributed by atoms with Crippen LogP contribution < -0.4 is 0 Å². The van der Waals surface area contributed by atoms with E-state index in [0.29, 0.717) is 13.1 Å². The summed E-state index contributed by atoms with van der Waals surface area (Å²) in [5, 5.41) is 0. The van der Waals surface area contributed by atoms with Crippen molar-refractivity contribution in [3.63, 3.8) is 0 Å². The Kier molecular flexibility index (Phi) is 4.45. The SMILES string of the molecule is O=C(c1ccc(I)cc1)N1CCC(c2nc3ccc(F)cc3[nH]2)CC1. The van der Waals surface area contributed by atoms with Crippen molar-refractivity contribution < 1.29 is 9.18 Å². The van der Waals surface area contributed by atoms with Crippen molar-refractivity contribution in [3.05, 3.63) is 63.2 Å². The molecule has 0 bridgehead atoms. The van der Waals surface area contributed by atoms with Gasteiger partial charge in [0.25, 0.3) is 5.91 Å². The minimum Gasteiger partial charge on any atom is -0.342 e. The number of aromatic amines is 1. The number of carbonyl (C=O) groups is 1. The average Bonchev–Trinajstić information content (AvgIpc) is 3.05. The Morgan fingerprint density at radius 3 is 2.60 bits per heavy atom. The summed E-state index contributed by atoms with van der Waals surface area (Å²) < 4.78 is 14.4. The van der Waals surface area contributed by atoms with Gasteiger partial charge >= 0.3 is 0 Å².